The summed E-state index contributed by atoms with van der Waals surface area (Å²) in [6.07, 6.45) is 1.83. The fourth-order valence-corrected chi connectivity index (χ4v) is 4.59. The van der Waals surface area contributed by atoms with Crippen molar-refractivity contribution < 1.29 is 9.90 Å². The Labute approximate surface area is 141 Å². The Bertz CT molecular complexity index is 552. The highest BCUT2D eigenvalue weighted by Gasteiger charge is 2.41. The predicted octanol–water partition coefficient (Wildman–Crippen LogP) is 2.85. The van der Waals surface area contributed by atoms with Gasteiger partial charge in [-0.1, -0.05) is 15.9 Å². The summed E-state index contributed by atoms with van der Waals surface area (Å²) < 4.78 is 1.83. The van der Waals surface area contributed by atoms with Crippen LogP contribution < -0.4 is 5.32 Å². The van der Waals surface area contributed by atoms with Gasteiger partial charge in [0.25, 0.3) is 0 Å². The van der Waals surface area contributed by atoms with E-state index in [0.717, 1.165) is 40.6 Å². The van der Waals surface area contributed by atoms with Crippen molar-refractivity contribution in [2.24, 2.45) is 11.8 Å². The molecule has 0 bridgehead atoms. The number of hydrogen-bond donors (Lipinski definition) is 2. The van der Waals surface area contributed by atoms with E-state index in [0.29, 0.717) is 18.4 Å². The second-order valence-electron chi connectivity index (χ2n) is 5.94. The van der Waals surface area contributed by atoms with E-state index < -0.39 is 0 Å². The number of nitrogens with one attached hydrogen (secondary N) is 1. The molecule has 114 valence electrons. The highest BCUT2D eigenvalue weighted by atomic mass is 79.9. The quantitative estimate of drug-likeness (QED) is 0.794. The minimum Gasteiger partial charge on any atom is -0.393 e. The first-order chi connectivity index (χ1) is 10.0. The van der Waals surface area contributed by atoms with Gasteiger partial charge in [-0.25, -0.2) is 0 Å². The number of carbonyl (C=O) groups excluding carboxylic acids is 1. The molecule has 3 rings (SSSR count). The zero-order valence-electron chi connectivity index (χ0n) is 11.6. The molecular weight excluding hydrogens is 400 g/mol. The van der Waals surface area contributed by atoms with Gasteiger partial charge in [-0.15, -0.1) is 0 Å². The van der Waals surface area contributed by atoms with Crippen molar-refractivity contribution in [2.45, 2.75) is 18.9 Å². The van der Waals surface area contributed by atoms with Crippen LogP contribution in [0.15, 0.2) is 27.1 Å². The van der Waals surface area contributed by atoms with E-state index in [1.165, 1.54) is 0 Å². The topological polar surface area (TPSA) is 52.6 Å². The van der Waals surface area contributed by atoms with Gasteiger partial charge in [-0.2, -0.15) is 0 Å². The van der Waals surface area contributed by atoms with Crippen LogP contribution in [0.1, 0.15) is 12.8 Å². The molecule has 2 aliphatic rings. The molecule has 0 spiro atoms. The van der Waals surface area contributed by atoms with Gasteiger partial charge >= 0.3 is 0 Å². The van der Waals surface area contributed by atoms with Gasteiger partial charge in [-0.3, -0.25) is 9.69 Å². The molecular formula is C15H18Br2N2O2. The molecule has 2 fully saturated rings. The molecule has 1 saturated carbocycles. The maximum Gasteiger partial charge on any atom is 0.238 e. The number of aliphatic hydroxyl groups is 1. The summed E-state index contributed by atoms with van der Waals surface area (Å²) in [4.78, 5) is 14.3. The third-order valence-corrected chi connectivity index (χ3v) is 5.62. The Morgan fingerprint density at radius 2 is 2.14 bits per heavy atom. The van der Waals surface area contributed by atoms with Crippen molar-refractivity contribution in [1.82, 2.24) is 4.90 Å². The number of nitrogens with zero attached hydrogens (tertiary/aromatic N) is 1. The molecule has 1 heterocycles. The maximum atomic E-state index is 12.2. The molecule has 1 saturated heterocycles. The lowest BCUT2D eigenvalue weighted by atomic mass is 10.00. The highest BCUT2D eigenvalue weighted by Crippen LogP contribution is 2.37. The van der Waals surface area contributed by atoms with Gasteiger partial charge in [0.2, 0.25) is 5.91 Å². The standard InChI is InChI=1S/C15H18Br2N2O2/c16-10-2-3-13(12(17)5-10)18-15(21)8-19-6-9-1-4-14(20)11(9)7-19/h2-3,5,9,11,14,20H,1,4,6-8H2,(H,18,21). The zero-order valence-corrected chi connectivity index (χ0v) is 14.7. The number of aliphatic hydroxyl groups excluding tert-OH is 1. The molecule has 1 aliphatic carbocycles. The monoisotopic (exact) mass is 416 g/mol. The van der Waals surface area contributed by atoms with E-state index in [1.54, 1.807) is 0 Å². The zero-order chi connectivity index (χ0) is 15.0. The third kappa shape index (κ3) is 3.50. The van der Waals surface area contributed by atoms with E-state index in [4.69, 9.17) is 0 Å². The number of benzene rings is 1. The summed E-state index contributed by atoms with van der Waals surface area (Å²) in [6, 6.07) is 5.68. The van der Waals surface area contributed by atoms with Crippen molar-refractivity contribution in [3.63, 3.8) is 0 Å². The first-order valence-corrected chi connectivity index (χ1v) is 8.77. The summed E-state index contributed by atoms with van der Waals surface area (Å²) >= 11 is 6.84. The molecule has 1 aromatic carbocycles. The average Bonchev–Trinajstić information content (AvgIpc) is 2.95. The maximum absolute atomic E-state index is 12.2. The third-order valence-electron chi connectivity index (χ3n) is 4.47. The lowest BCUT2D eigenvalue weighted by Crippen LogP contribution is -2.33. The normalized spacial score (nSPS) is 28.6. The fraction of sp³-hybridized carbons (Fsp3) is 0.533. The van der Waals surface area contributed by atoms with Gasteiger partial charge in [0.05, 0.1) is 18.3 Å². The molecule has 6 heteroatoms. The number of hydrogen-bond acceptors (Lipinski definition) is 3. The van der Waals surface area contributed by atoms with Crippen LogP contribution in [0.3, 0.4) is 0 Å². The van der Waals surface area contributed by atoms with Gasteiger partial charge in [-0.05, 0) is 52.9 Å². The van der Waals surface area contributed by atoms with Gasteiger partial charge in [0.1, 0.15) is 0 Å². The number of rotatable bonds is 3. The van der Waals surface area contributed by atoms with Crippen LogP contribution in [0.5, 0.6) is 0 Å². The smallest absolute Gasteiger partial charge is 0.238 e. The van der Waals surface area contributed by atoms with Crippen molar-refractivity contribution >= 4 is 43.5 Å². The number of fused-ring (bicyclic) bond motifs is 1. The molecule has 1 aliphatic heterocycles. The predicted molar refractivity (Wildman–Crippen MR) is 89.1 cm³/mol. The average molecular weight is 418 g/mol. The molecule has 1 amide bonds. The molecule has 2 N–H and O–H groups in total. The SMILES string of the molecule is O=C(CN1CC2CCC(O)C2C1)Nc1ccc(Br)cc1Br. The van der Waals surface area contributed by atoms with Crippen molar-refractivity contribution in [1.29, 1.82) is 0 Å². The number of anilines is 1. The van der Waals surface area contributed by atoms with E-state index >= 15 is 0 Å². The molecule has 0 radical (unpaired) electrons. The molecule has 21 heavy (non-hydrogen) atoms. The number of carbonyl (C=O) groups is 1. The Morgan fingerprint density at radius 3 is 2.86 bits per heavy atom. The van der Waals surface area contributed by atoms with Gasteiger partial charge in [0.15, 0.2) is 0 Å². The summed E-state index contributed by atoms with van der Waals surface area (Å²) in [6.45, 7) is 2.15. The highest BCUT2D eigenvalue weighted by molar-refractivity contribution is 9.11. The van der Waals surface area contributed by atoms with Gasteiger partial charge in [0, 0.05) is 28.0 Å². The van der Waals surface area contributed by atoms with Gasteiger partial charge < -0.3 is 10.4 Å². The second-order valence-corrected chi connectivity index (χ2v) is 7.71. The first-order valence-electron chi connectivity index (χ1n) is 7.18. The Balaban J connectivity index is 1.55. The van der Waals surface area contributed by atoms with Crippen LogP contribution in [0.25, 0.3) is 0 Å². The minimum atomic E-state index is -0.177. The summed E-state index contributed by atoms with van der Waals surface area (Å²) in [5.41, 5.74) is 0.780. The van der Waals surface area contributed by atoms with Crippen molar-refractivity contribution in [2.75, 3.05) is 25.0 Å². The molecule has 1 aromatic rings. The van der Waals surface area contributed by atoms with E-state index in [-0.39, 0.29) is 12.0 Å². The second kappa shape index (κ2) is 6.36. The van der Waals surface area contributed by atoms with Crippen LogP contribution in [0.4, 0.5) is 5.69 Å². The van der Waals surface area contributed by atoms with Crippen LogP contribution in [-0.2, 0) is 4.79 Å². The van der Waals surface area contributed by atoms with E-state index in [2.05, 4.69) is 42.1 Å². The first kappa shape index (κ1) is 15.5. The Hall–Kier alpha value is -0.430. The Morgan fingerprint density at radius 1 is 1.33 bits per heavy atom. The lowest BCUT2D eigenvalue weighted by molar-refractivity contribution is -0.117. The van der Waals surface area contributed by atoms with Crippen LogP contribution in [-0.4, -0.2) is 41.7 Å². The Kier molecular flexibility index (Phi) is 4.69. The summed E-state index contributed by atoms with van der Waals surface area (Å²) in [7, 11) is 0. The van der Waals surface area contributed by atoms with Crippen LogP contribution in [0.2, 0.25) is 0 Å². The fourth-order valence-electron chi connectivity index (χ4n) is 3.44. The summed E-state index contributed by atoms with van der Waals surface area (Å²) in [5, 5.41) is 12.8. The number of halogens is 2. The number of likely N-dealkylation sites (tertiary alicyclic amines) is 1. The van der Waals surface area contributed by atoms with E-state index in [9.17, 15) is 9.90 Å². The lowest BCUT2D eigenvalue weighted by Gasteiger charge is -2.17. The molecule has 3 atom stereocenters. The number of amides is 1. The largest absolute Gasteiger partial charge is 0.393 e. The van der Waals surface area contributed by atoms with Crippen molar-refractivity contribution in [3.05, 3.63) is 27.1 Å². The van der Waals surface area contributed by atoms with Crippen LogP contribution in [0, 0.1) is 11.8 Å². The van der Waals surface area contributed by atoms with Crippen molar-refractivity contribution in [3.8, 4) is 0 Å². The van der Waals surface area contributed by atoms with Crippen LogP contribution >= 0.6 is 31.9 Å². The van der Waals surface area contributed by atoms with E-state index in [1.807, 2.05) is 18.2 Å². The molecule has 4 nitrogen and oxygen atoms in total. The molecule has 3 unspecified atom stereocenters. The summed E-state index contributed by atoms with van der Waals surface area (Å²) in [5.74, 6) is 0.914. The molecule has 0 aromatic heterocycles. The minimum absolute atomic E-state index is 0.00696.